The highest BCUT2D eigenvalue weighted by molar-refractivity contribution is 7.90. The van der Waals surface area contributed by atoms with Crippen LogP contribution in [0.1, 0.15) is 32.6 Å². The molecule has 0 aromatic rings. The number of rotatable bonds is 3. The van der Waals surface area contributed by atoms with Crippen LogP contribution in [-0.2, 0) is 14.6 Å². The lowest BCUT2D eigenvalue weighted by molar-refractivity contribution is -0.133. The fraction of sp³-hybridized carbons (Fsp3) is 0.909. The molecule has 2 rings (SSSR count). The highest BCUT2D eigenvalue weighted by atomic mass is 32.2. The first-order chi connectivity index (χ1) is 7.84. The molecular weight excluding hydrogens is 240 g/mol. The molecule has 0 radical (unpaired) electrons. The van der Waals surface area contributed by atoms with Gasteiger partial charge in [-0.05, 0) is 19.8 Å². The van der Waals surface area contributed by atoms with Gasteiger partial charge in [-0.2, -0.15) is 0 Å². The zero-order valence-corrected chi connectivity index (χ0v) is 11.2. The number of carbonyl (C=O) groups is 1. The molecule has 1 aliphatic heterocycles. The van der Waals surface area contributed by atoms with Gasteiger partial charge >= 0.3 is 0 Å². The monoisotopic (exact) mass is 260 g/mol. The molecule has 1 saturated heterocycles. The summed E-state index contributed by atoms with van der Waals surface area (Å²) >= 11 is 0. The zero-order chi connectivity index (χ0) is 12.7. The van der Waals surface area contributed by atoms with Crippen molar-refractivity contribution in [2.24, 2.45) is 0 Å². The first kappa shape index (κ1) is 12.8. The van der Waals surface area contributed by atoms with Crippen molar-refractivity contribution in [1.29, 1.82) is 0 Å². The van der Waals surface area contributed by atoms with Crippen molar-refractivity contribution in [3.05, 3.63) is 0 Å². The van der Waals surface area contributed by atoms with E-state index in [0.717, 1.165) is 25.7 Å². The van der Waals surface area contributed by atoms with E-state index in [-0.39, 0.29) is 23.2 Å². The van der Waals surface area contributed by atoms with Gasteiger partial charge < -0.3 is 4.90 Å². The lowest BCUT2D eigenvalue weighted by Gasteiger charge is -2.25. The van der Waals surface area contributed by atoms with E-state index in [0.29, 0.717) is 6.67 Å². The fourth-order valence-electron chi connectivity index (χ4n) is 2.91. The molecule has 1 unspecified atom stereocenters. The van der Waals surface area contributed by atoms with E-state index in [1.165, 1.54) is 6.26 Å². The molecule has 1 amide bonds. The van der Waals surface area contributed by atoms with Crippen LogP contribution < -0.4 is 5.32 Å². The van der Waals surface area contributed by atoms with Gasteiger partial charge in [-0.15, -0.1) is 0 Å². The number of hydrogen-bond acceptors (Lipinski definition) is 4. The van der Waals surface area contributed by atoms with Crippen molar-refractivity contribution in [3.8, 4) is 0 Å². The van der Waals surface area contributed by atoms with Crippen LogP contribution in [0.2, 0.25) is 0 Å². The third kappa shape index (κ3) is 2.47. The van der Waals surface area contributed by atoms with E-state index in [4.69, 9.17) is 0 Å². The highest BCUT2D eigenvalue weighted by Crippen LogP contribution is 2.34. The van der Waals surface area contributed by atoms with Gasteiger partial charge in [-0.3, -0.25) is 10.1 Å². The van der Waals surface area contributed by atoms with Crippen LogP contribution >= 0.6 is 0 Å². The molecule has 98 valence electrons. The molecule has 1 heterocycles. The summed E-state index contributed by atoms with van der Waals surface area (Å²) in [6.07, 6.45) is 5.13. The molecule has 1 atom stereocenters. The normalized spacial score (nSPS) is 25.8. The SMILES string of the molecule is CC(CS(C)(=O)=O)N1CNC2(CCCC2)C1=O. The molecule has 1 N–H and O–H groups in total. The summed E-state index contributed by atoms with van der Waals surface area (Å²) < 4.78 is 22.5. The fourth-order valence-corrected chi connectivity index (χ4v) is 3.97. The molecule has 2 fully saturated rings. The maximum absolute atomic E-state index is 12.3. The Labute approximate surface area is 102 Å². The molecule has 2 aliphatic rings. The summed E-state index contributed by atoms with van der Waals surface area (Å²) in [7, 11) is -3.04. The summed E-state index contributed by atoms with van der Waals surface area (Å²) in [5.74, 6) is 0.127. The maximum atomic E-state index is 12.3. The first-order valence-corrected chi connectivity index (χ1v) is 8.14. The maximum Gasteiger partial charge on any atom is 0.244 e. The van der Waals surface area contributed by atoms with Crippen molar-refractivity contribution < 1.29 is 13.2 Å². The van der Waals surface area contributed by atoms with Gasteiger partial charge in [-0.1, -0.05) is 12.8 Å². The van der Waals surface area contributed by atoms with Crippen LogP contribution in [0.4, 0.5) is 0 Å². The number of amides is 1. The minimum absolute atomic E-state index is 0.0382. The second-order valence-electron chi connectivity index (χ2n) is 5.34. The summed E-state index contributed by atoms with van der Waals surface area (Å²) in [5, 5.41) is 3.28. The van der Waals surface area contributed by atoms with Crippen LogP contribution in [-0.4, -0.2) is 49.5 Å². The van der Waals surface area contributed by atoms with E-state index in [1.54, 1.807) is 11.8 Å². The second kappa shape index (κ2) is 4.24. The van der Waals surface area contributed by atoms with Crippen molar-refractivity contribution in [2.45, 2.75) is 44.2 Å². The molecule has 0 aromatic heterocycles. The number of nitrogens with zero attached hydrogens (tertiary/aromatic N) is 1. The number of hydrogen-bond donors (Lipinski definition) is 1. The first-order valence-electron chi connectivity index (χ1n) is 6.08. The van der Waals surface area contributed by atoms with Crippen LogP contribution in [0.15, 0.2) is 0 Å². The zero-order valence-electron chi connectivity index (χ0n) is 10.4. The second-order valence-corrected chi connectivity index (χ2v) is 7.53. The van der Waals surface area contributed by atoms with Gasteiger partial charge in [0.25, 0.3) is 0 Å². The minimum Gasteiger partial charge on any atom is -0.325 e. The molecule has 17 heavy (non-hydrogen) atoms. The molecule has 0 bridgehead atoms. The largest absolute Gasteiger partial charge is 0.325 e. The van der Waals surface area contributed by atoms with Crippen LogP contribution in [0, 0.1) is 0 Å². The molecule has 1 saturated carbocycles. The quantitative estimate of drug-likeness (QED) is 0.783. The Balaban J connectivity index is 2.07. The highest BCUT2D eigenvalue weighted by Gasteiger charge is 2.49. The molecular formula is C11H20N2O3S. The summed E-state index contributed by atoms with van der Waals surface area (Å²) in [6, 6.07) is -0.245. The Bertz CT molecular complexity index is 412. The van der Waals surface area contributed by atoms with Crippen molar-refractivity contribution >= 4 is 15.7 Å². The Hall–Kier alpha value is -0.620. The third-order valence-electron chi connectivity index (χ3n) is 3.79. The van der Waals surface area contributed by atoms with Gasteiger partial charge in [0, 0.05) is 12.3 Å². The summed E-state index contributed by atoms with van der Waals surface area (Å²) in [6.45, 7) is 2.28. The van der Waals surface area contributed by atoms with Gasteiger partial charge in [0.1, 0.15) is 9.84 Å². The van der Waals surface area contributed by atoms with Crippen molar-refractivity contribution in [2.75, 3.05) is 18.7 Å². The Morgan fingerprint density at radius 1 is 1.41 bits per heavy atom. The van der Waals surface area contributed by atoms with Crippen molar-refractivity contribution in [1.82, 2.24) is 10.2 Å². The smallest absolute Gasteiger partial charge is 0.244 e. The summed E-state index contributed by atoms with van der Waals surface area (Å²) in [5.41, 5.74) is -0.383. The van der Waals surface area contributed by atoms with E-state index in [2.05, 4.69) is 5.32 Å². The van der Waals surface area contributed by atoms with Gasteiger partial charge in [-0.25, -0.2) is 8.42 Å². The minimum atomic E-state index is -3.04. The lowest BCUT2D eigenvalue weighted by Crippen LogP contribution is -2.46. The van der Waals surface area contributed by atoms with E-state index >= 15 is 0 Å². The topological polar surface area (TPSA) is 66.5 Å². The Kier molecular flexibility index (Phi) is 3.20. The van der Waals surface area contributed by atoms with E-state index in [9.17, 15) is 13.2 Å². The number of carbonyl (C=O) groups excluding carboxylic acids is 1. The summed E-state index contributed by atoms with van der Waals surface area (Å²) in [4.78, 5) is 14.0. The Morgan fingerprint density at radius 3 is 2.53 bits per heavy atom. The van der Waals surface area contributed by atoms with Crippen LogP contribution in [0.5, 0.6) is 0 Å². The number of nitrogens with one attached hydrogen (secondary N) is 1. The van der Waals surface area contributed by atoms with Crippen LogP contribution in [0.25, 0.3) is 0 Å². The molecule has 6 heteroatoms. The predicted molar refractivity (Wildman–Crippen MR) is 65.2 cm³/mol. The standard InChI is InChI=1S/C11H20N2O3S/c1-9(7-17(2,15)16)13-8-12-11(10(13)14)5-3-4-6-11/h9,12H,3-8H2,1-2H3. The number of sulfone groups is 1. The average molecular weight is 260 g/mol. The van der Waals surface area contributed by atoms with E-state index in [1.807, 2.05) is 0 Å². The molecule has 1 aliphatic carbocycles. The average Bonchev–Trinajstić information content (AvgIpc) is 2.75. The van der Waals surface area contributed by atoms with Crippen molar-refractivity contribution in [3.63, 3.8) is 0 Å². The van der Waals surface area contributed by atoms with Gasteiger partial charge in [0.15, 0.2) is 0 Å². The lowest BCUT2D eigenvalue weighted by atomic mass is 9.98. The predicted octanol–water partition coefficient (Wildman–Crippen LogP) is 0.122. The van der Waals surface area contributed by atoms with Gasteiger partial charge in [0.05, 0.1) is 18.0 Å². The van der Waals surface area contributed by atoms with Gasteiger partial charge in [0.2, 0.25) is 5.91 Å². The Morgan fingerprint density at radius 2 is 2.00 bits per heavy atom. The third-order valence-corrected chi connectivity index (χ3v) is 4.88. The molecule has 1 spiro atoms. The molecule has 5 nitrogen and oxygen atoms in total. The van der Waals surface area contributed by atoms with Crippen LogP contribution in [0.3, 0.4) is 0 Å². The van der Waals surface area contributed by atoms with E-state index < -0.39 is 9.84 Å². The molecule has 0 aromatic carbocycles.